The first-order chi connectivity index (χ1) is 13.3. The maximum atomic E-state index is 13.2. The summed E-state index contributed by atoms with van der Waals surface area (Å²) in [4.78, 5) is 5.90. The fraction of sp³-hybridized carbons (Fsp3) is 0.100. The Labute approximate surface area is 163 Å². The molecule has 5 rings (SSSR count). The number of aromatic nitrogens is 1. The van der Waals surface area contributed by atoms with E-state index in [0.29, 0.717) is 0 Å². The molecule has 0 saturated carbocycles. The fourth-order valence-electron chi connectivity index (χ4n) is 3.10. The SMILES string of the molecule is Fc1ccc(-c2csc(N3N=C(c4cccs4)C[C@H]3c3ccco3)n2)cc1. The number of thiophene rings is 1. The summed E-state index contributed by atoms with van der Waals surface area (Å²) in [5, 5.41) is 11.6. The van der Waals surface area contributed by atoms with Crippen LogP contribution in [0.25, 0.3) is 11.3 Å². The van der Waals surface area contributed by atoms with Gasteiger partial charge in [0.05, 0.1) is 22.5 Å². The van der Waals surface area contributed by atoms with Crippen molar-refractivity contribution in [2.45, 2.75) is 12.5 Å². The van der Waals surface area contributed by atoms with Crippen LogP contribution in [-0.4, -0.2) is 10.7 Å². The number of nitrogens with zero attached hydrogens (tertiary/aromatic N) is 3. The lowest BCUT2D eigenvalue weighted by Crippen LogP contribution is -2.17. The first kappa shape index (κ1) is 16.4. The molecule has 7 heteroatoms. The van der Waals surface area contributed by atoms with Crippen LogP contribution in [0.4, 0.5) is 9.52 Å². The number of hydrogen-bond acceptors (Lipinski definition) is 6. The lowest BCUT2D eigenvalue weighted by atomic mass is 10.1. The lowest BCUT2D eigenvalue weighted by Gasteiger charge is -2.18. The summed E-state index contributed by atoms with van der Waals surface area (Å²) >= 11 is 3.20. The lowest BCUT2D eigenvalue weighted by molar-refractivity contribution is 0.465. The molecule has 0 saturated heterocycles. The Bertz CT molecular complexity index is 1070. The number of thiazole rings is 1. The van der Waals surface area contributed by atoms with Crippen molar-refractivity contribution in [1.82, 2.24) is 4.98 Å². The van der Waals surface area contributed by atoms with Crippen LogP contribution in [-0.2, 0) is 0 Å². The Morgan fingerprint density at radius 3 is 2.70 bits per heavy atom. The van der Waals surface area contributed by atoms with Crippen LogP contribution in [0, 0.1) is 5.82 Å². The van der Waals surface area contributed by atoms with E-state index in [2.05, 4.69) is 11.4 Å². The van der Waals surface area contributed by atoms with Gasteiger partial charge in [-0.25, -0.2) is 14.4 Å². The average Bonchev–Trinajstić information content (AvgIpc) is 3.49. The van der Waals surface area contributed by atoms with Crippen LogP contribution in [0.15, 0.2) is 75.1 Å². The number of furan rings is 1. The Morgan fingerprint density at radius 2 is 1.96 bits per heavy atom. The van der Waals surface area contributed by atoms with Crippen molar-refractivity contribution in [2.24, 2.45) is 5.10 Å². The number of anilines is 1. The molecule has 27 heavy (non-hydrogen) atoms. The molecule has 0 spiro atoms. The zero-order valence-electron chi connectivity index (χ0n) is 14.1. The van der Waals surface area contributed by atoms with Crippen LogP contribution < -0.4 is 5.01 Å². The van der Waals surface area contributed by atoms with Gasteiger partial charge in [-0.3, -0.25) is 0 Å². The summed E-state index contributed by atoms with van der Waals surface area (Å²) in [6.07, 6.45) is 2.45. The molecule has 1 aliphatic heterocycles. The third kappa shape index (κ3) is 3.09. The molecule has 1 aliphatic rings. The van der Waals surface area contributed by atoms with Crippen molar-refractivity contribution in [3.63, 3.8) is 0 Å². The van der Waals surface area contributed by atoms with E-state index in [9.17, 15) is 4.39 Å². The van der Waals surface area contributed by atoms with Crippen LogP contribution in [0.5, 0.6) is 0 Å². The molecular weight excluding hydrogens is 381 g/mol. The van der Waals surface area contributed by atoms with Gasteiger partial charge in [0.1, 0.15) is 17.6 Å². The van der Waals surface area contributed by atoms with Gasteiger partial charge in [-0.05, 0) is 47.8 Å². The van der Waals surface area contributed by atoms with E-state index in [1.165, 1.54) is 23.5 Å². The van der Waals surface area contributed by atoms with Gasteiger partial charge in [0, 0.05) is 17.4 Å². The number of benzene rings is 1. The highest BCUT2D eigenvalue weighted by molar-refractivity contribution is 7.14. The third-order valence-electron chi connectivity index (χ3n) is 4.42. The Morgan fingerprint density at radius 1 is 1.07 bits per heavy atom. The summed E-state index contributed by atoms with van der Waals surface area (Å²) in [5.74, 6) is 0.612. The molecule has 0 radical (unpaired) electrons. The summed E-state index contributed by atoms with van der Waals surface area (Å²) < 4.78 is 18.8. The van der Waals surface area contributed by atoms with E-state index in [-0.39, 0.29) is 11.9 Å². The summed E-state index contributed by atoms with van der Waals surface area (Å²) in [7, 11) is 0. The molecule has 0 fully saturated rings. The fourth-order valence-corrected chi connectivity index (χ4v) is 4.66. The zero-order valence-corrected chi connectivity index (χ0v) is 15.7. The summed E-state index contributed by atoms with van der Waals surface area (Å²) in [6.45, 7) is 0. The van der Waals surface area contributed by atoms with Gasteiger partial charge >= 0.3 is 0 Å². The molecule has 0 N–H and O–H groups in total. The van der Waals surface area contributed by atoms with Crippen molar-refractivity contribution in [1.29, 1.82) is 0 Å². The van der Waals surface area contributed by atoms with Crippen molar-refractivity contribution >= 4 is 33.5 Å². The largest absolute Gasteiger partial charge is 0.467 e. The molecule has 0 amide bonds. The van der Waals surface area contributed by atoms with E-state index in [1.54, 1.807) is 29.7 Å². The monoisotopic (exact) mass is 395 g/mol. The summed E-state index contributed by atoms with van der Waals surface area (Å²) in [5.41, 5.74) is 2.73. The Hall–Kier alpha value is -2.77. The Kier molecular flexibility index (Phi) is 4.10. The predicted octanol–water partition coefficient (Wildman–Crippen LogP) is 5.96. The maximum Gasteiger partial charge on any atom is 0.207 e. The molecule has 134 valence electrons. The average molecular weight is 395 g/mol. The van der Waals surface area contributed by atoms with E-state index >= 15 is 0 Å². The molecule has 4 heterocycles. The second kappa shape index (κ2) is 6.75. The molecule has 4 aromatic rings. The quantitative estimate of drug-likeness (QED) is 0.428. The highest BCUT2D eigenvalue weighted by Crippen LogP contribution is 2.39. The normalized spacial score (nSPS) is 16.7. The van der Waals surface area contributed by atoms with Gasteiger partial charge in [-0.1, -0.05) is 6.07 Å². The van der Waals surface area contributed by atoms with E-state index in [1.807, 2.05) is 28.6 Å². The number of hydrazone groups is 1. The van der Waals surface area contributed by atoms with Crippen molar-refractivity contribution in [3.8, 4) is 11.3 Å². The minimum atomic E-state index is -0.253. The first-order valence-corrected chi connectivity index (χ1v) is 10.2. The van der Waals surface area contributed by atoms with Crippen LogP contribution in [0.1, 0.15) is 23.1 Å². The molecule has 0 bridgehead atoms. The van der Waals surface area contributed by atoms with Crippen molar-refractivity contribution in [3.05, 3.63) is 82.0 Å². The molecule has 0 unspecified atom stereocenters. The molecule has 3 aromatic heterocycles. The highest BCUT2D eigenvalue weighted by atomic mass is 32.1. The van der Waals surface area contributed by atoms with Crippen molar-refractivity contribution in [2.75, 3.05) is 5.01 Å². The highest BCUT2D eigenvalue weighted by Gasteiger charge is 2.33. The van der Waals surface area contributed by atoms with E-state index < -0.39 is 0 Å². The standard InChI is InChI=1S/C20H14FN3OS2/c21-14-7-5-13(6-8-14)16-12-27-20(22-16)24-17(18-3-1-9-25-18)11-15(23-24)19-4-2-10-26-19/h1-10,12,17H,11H2/t17-/m0/s1. The second-order valence-electron chi connectivity index (χ2n) is 6.13. The maximum absolute atomic E-state index is 13.2. The molecule has 1 aromatic carbocycles. The number of hydrogen-bond donors (Lipinski definition) is 0. The topological polar surface area (TPSA) is 41.6 Å². The molecular formula is C20H14FN3OS2. The van der Waals surface area contributed by atoms with Gasteiger partial charge in [-0.15, -0.1) is 22.7 Å². The van der Waals surface area contributed by atoms with E-state index in [0.717, 1.165) is 39.2 Å². The number of rotatable bonds is 4. The smallest absolute Gasteiger partial charge is 0.207 e. The third-order valence-corrected chi connectivity index (χ3v) is 6.16. The second-order valence-corrected chi connectivity index (χ2v) is 7.91. The molecule has 4 nitrogen and oxygen atoms in total. The van der Waals surface area contributed by atoms with Gasteiger partial charge in [-0.2, -0.15) is 5.10 Å². The predicted molar refractivity (Wildman–Crippen MR) is 107 cm³/mol. The van der Waals surface area contributed by atoms with Crippen LogP contribution in [0.2, 0.25) is 0 Å². The van der Waals surface area contributed by atoms with Crippen LogP contribution >= 0.6 is 22.7 Å². The minimum absolute atomic E-state index is 0.0238. The molecule has 1 atom stereocenters. The zero-order chi connectivity index (χ0) is 18.2. The molecule has 0 aliphatic carbocycles. The number of halogens is 1. The van der Waals surface area contributed by atoms with Gasteiger partial charge in [0.15, 0.2) is 0 Å². The van der Waals surface area contributed by atoms with Gasteiger partial charge in [0.2, 0.25) is 5.13 Å². The minimum Gasteiger partial charge on any atom is -0.467 e. The van der Waals surface area contributed by atoms with Crippen molar-refractivity contribution < 1.29 is 8.81 Å². The summed E-state index contributed by atoms with van der Waals surface area (Å²) in [6, 6.07) is 14.3. The van der Waals surface area contributed by atoms with Crippen LogP contribution in [0.3, 0.4) is 0 Å². The Balaban J connectivity index is 1.51. The first-order valence-electron chi connectivity index (χ1n) is 8.43. The van der Waals surface area contributed by atoms with Gasteiger partial charge < -0.3 is 4.42 Å². The van der Waals surface area contributed by atoms with E-state index in [4.69, 9.17) is 14.5 Å². The van der Waals surface area contributed by atoms with Gasteiger partial charge in [0.25, 0.3) is 0 Å².